The van der Waals surface area contributed by atoms with E-state index < -0.39 is 15.9 Å². The van der Waals surface area contributed by atoms with Crippen LogP contribution in [0.2, 0.25) is 0 Å². The Bertz CT molecular complexity index is 673. The lowest BCUT2D eigenvalue weighted by Crippen LogP contribution is -2.30. The predicted octanol–water partition coefficient (Wildman–Crippen LogP) is 6.97. The van der Waals surface area contributed by atoms with Crippen LogP contribution in [0.1, 0.15) is 117 Å². The molecule has 3 N–H and O–H groups in total. The van der Waals surface area contributed by atoms with Gasteiger partial charge in [-0.25, -0.2) is 13.1 Å². The van der Waals surface area contributed by atoms with E-state index in [2.05, 4.69) is 11.6 Å². The minimum atomic E-state index is -3.80. The molecule has 5 nitrogen and oxygen atoms in total. The van der Waals surface area contributed by atoms with Crippen LogP contribution in [0.3, 0.4) is 0 Å². The lowest BCUT2D eigenvalue weighted by molar-refractivity contribution is -0.119. The number of carbonyl (C=O) groups excluding carboxylic acids is 1. The van der Waals surface area contributed by atoms with Gasteiger partial charge < -0.3 is 5.73 Å². The number of nitrogens with one attached hydrogen (secondary N) is 1. The van der Waals surface area contributed by atoms with Gasteiger partial charge in [-0.05, 0) is 30.7 Å². The van der Waals surface area contributed by atoms with Crippen molar-refractivity contribution >= 4 is 21.6 Å². The molecule has 1 rings (SSSR count). The molecule has 0 aromatic heterocycles. The highest BCUT2D eigenvalue weighted by atomic mass is 32.2. The van der Waals surface area contributed by atoms with E-state index in [-0.39, 0.29) is 18.7 Å². The van der Waals surface area contributed by atoms with Gasteiger partial charge in [0.25, 0.3) is 10.0 Å². The number of unbranched alkanes of at least 4 members (excludes halogenated alkanes) is 14. The highest BCUT2D eigenvalue weighted by molar-refractivity contribution is 7.90. The van der Waals surface area contributed by atoms with E-state index in [4.69, 9.17) is 5.73 Å². The van der Waals surface area contributed by atoms with E-state index in [9.17, 15) is 13.2 Å². The van der Waals surface area contributed by atoms with E-state index in [0.717, 1.165) is 19.3 Å². The first-order chi connectivity index (χ1) is 14.5. The molecule has 31 heavy (non-hydrogen) atoms. The average Bonchev–Trinajstić information content (AvgIpc) is 2.71. The molecule has 6 heteroatoms. The summed E-state index contributed by atoms with van der Waals surface area (Å²) in [5, 5.41) is 0. The second kappa shape index (κ2) is 18.1. The van der Waals surface area contributed by atoms with Crippen LogP contribution in [0.5, 0.6) is 0 Å². The zero-order chi connectivity index (χ0) is 22.1. The Kier molecular flexibility index (Phi) is 17.1. The predicted molar refractivity (Wildman–Crippen MR) is 132 cm³/mol. The molecule has 0 aliphatic carbocycles. The Balaban J connectivity index is 0.00000900. The van der Waals surface area contributed by atoms with Gasteiger partial charge in [0.2, 0.25) is 5.91 Å². The number of hydrogen-bond donors (Lipinski definition) is 2. The molecule has 0 bridgehead atoms. The third-order valence-corrected chi connectivity index (χ3v) is 6.84. The molecular formula is C25H46N2O3S. The largest absolute Gasteiger partial charge is 0.399 e. The maximum atomic E-state index is 12.1. The molecule has 1 aromatic carbocycles. The molecular weight excluding hydrogens is 408 g/mol. The Morgan fingerprint density at radius 3 is 1.55 bits per heavy atom. The van der Waals surface area contributed by atoms with Crippen LogP contribution in [0, 0.1) is 0 Å². The number of carbonyl (C=O) groups is 1. The Morgan fingerprint density at radius 2 is 1.13 bits per heavy atom. The van der Waals surface area contributed by atoms with Gasteiger partial charge in [-0.15, -0.1) is 0 Å². The molecule has 0 saturated carbocycles. The van der Waals surface area contributed by atoms with Crippen molar-refractivity contribution in [1.29, 1.82) is 0 Å². The summed E-state index contributed by atoms with van der Waals surface area (Å²) in [4.78, 5) is 12.0. The number of nitrogen functional groups attached to an aromatic ring is 1. The molecule has 1 amide bonds. The van der Waals surface area contributed by atoms with Crippen LogP contribution >= 0.6 is 0 Å². The van der Waals surface area contributed by atoms with Crippen LogP contribution in [-0.4, -0.2) is 14.3 Å². The molecule has 0 aliphatic rings. The first-order valence-corrected chi connectivity index (χ1v) is 13.3. The number of anilines is 1. The second-order valence-corrected chi connectivity index (χ2v) is 9.98. The summed E-state index contributed by atoms with van der Waals surface area (Å²) < 4.78 is 26.4. The fourth-order valence-corrected chi connectivity index (χ4v) is 4.58. The summed E-state index contributed by atoms with van der Waals surface area (Å²) in [5.41, 5.74) is 6.04. The molecule has 1 aromatic rings. The highest BCUT2D eigenvalue weighted by Gasteiger charge is 2.16. The minimum absolute atomic E-state index is 0. The van der Waals surface area contributed by atoms with Crippen molar-refractivity contribution in [3.8, 4) is 0 Å². The monoisotopic (exact) mass is 454 g/mol. The van der Waals surface area contributed by atoms with Crippen molar-refractivity contribution in [2.75, 3.05) is 5.73 Å². The van der Waals surface area contributed by atoms with E-state index in [1.54, 1.807) is 0 Å². The number of rotatable bonds is 18. The summed E-state index contributed by atoms with van der Waals surface area (Å²) in [5.74, 6) is -0.443. The van der Waals surface area contributed by atoms with Crippen molar-refractivity contribution in [2.24, 2.45) is 0 Å². The van der Waals surface area contributed by atoms with Gasteiger partial charge in [-0.2, -0.15) is 0 Å². The first-order valence-electron chi connectivity index (χ1n) is 11.9. The van der Waals surface area contributed by atoms with E-state index in [0.29, 0.717) is 5.69 Å². The summed E-state index contributed by atoms with van der Waals surface area (Å²) in [6.07, 6.45) is 19.2. The molecule has 0 fully saturated rings. The third-order valence-electron chi connectivity index (χ3n) is 5.45. The Labute approximate surface area is 191 Å². The Hall–Kier alpha value is -1.56. The van der Waals surface area contributed by atoms with Crippen LogP contribution in [0.15, 0.2) is 29.2 Å². The maximum Gasteiger partial charge on any atom is 0.264 e. The molecule has 0 aliphatic heterocycles. The minimum Gasteiger partial charge on any atom is -0.399 e. The molecule has 0 heterocycles. The summed E-state index contributed by atoms with van der Waals surface area (Å²) >= 11 is 0. The lowest BCUT2D eigenvalue weighted by atomic mass is 10.0. The quantitative estimate of drug-likeness (QED) is 0.185. The Morgan fingerprint density at radius 1 is 0.742 bits per heavy atom. The van der Waals surface area contributed by atoms with Crippen molar-refractivity contribution in [3.63, 3.8) is 0 Å². The van der Waals surface area contributed by atoms with Gasteiger partial charge in [-0.1, -0.05) is 104 Å². The van der Waals surface area contributed by atoms with Gasteiger partial charge in [0.1, 0.15) is 0 Å². The fourth-order valence-electron chi connectivity index (χ4n) is 3.56. The molecule has 0 atom stereocenters. The third kappa shape index (κ3) is 15.0. The smallest absolute Gasteiger partial charge is 0.264 e. The molecule has 0 unspecified atom stereocenters. The van der Waals surface area contributed by atoms with E-state index in [1.165, 1.54) is 101 Å². The van der Waals surface area contributed by atoms with Gasteiger partial charge in [0.15, 0.2) is 0 Å². The van der Waals surface area contributed by atoms with Crippen LogP contribution in [-0.2, 0) is 14.8 Å². The number of amides is 1. The van der Waals surface area contributed by atoms with E-state index >= 15 is 0 Å². The summed E-state index contributed by atoms with van der Waals surface area (Å²) in [6.45, 7) is 2.26. The molecule has 180 valence electrons. The lowest BCUT2D eigenvalue weighted by Gasteiger charge is -2.07. The SMILES string of the molecule is C.CCCCCCCCCCCCCCCCCC(=O)NS(=O)(=O)c1ccc(N)cc1. The number of sulfonamides is 1. The highest BCUT2D eigenvalue weighted by Crippen LogP contribution is 2.14. The zero-order valence-electron chi connectivity index (χ0n) is 18.8. The van der Waals surface area contributed by atoms with Gasteiger partial charge in [0, 0.05) is 12.1 Å². The van der Waals surface area contributed by atoms with E-state index in [1.807, 2.05) is 0 Å². The zero-order valence-corrected chi connectivity index (χ0v) is 19.6. The van der Waals surface area contributed by atoms with Gasteiger partial charge in [0.05, 0.1) is 4.90 Å². The van der Waals surface area contributed by atoms with Gasteiger partial charge >= 0.3 is 0 Å². The maximum absolute atomic E-state index is 12.1. The van der Waals surface area contributed by atoms with Gasteiger partial charge in [-0.3, -0.25) is 4.79 Å². The van der Waals surface area contributed by atoms with Crippen molar-refractivity contribution in [2.45, 2.75) is 122 Å². The summed E-state index contributed by atoms with van der Waals surface area (Å²) in [7, 11) is -3.80. The number of nitrogens with two attached hydrogens (primary N) is 1. The molecule has 0 saturated heterocycles. The van der Waals surface area contributed by atoms with Crippen LogP contribution < -0.4 is 10.5 Å². The van der Waals surface area contributed by atoms with Crippen molar-refractivity contribution < 1.29 is 13.2 Å². The summed E-state index contributed by atoms with van der Waals surface area (Å²) in [6, 6.07) is 5.82. The average molecular weight is 455 g/mol. The number of hydrogen-bond acceptors (Lipinski definition) is 4. The second-order valence-electron chi connectivity index (χ2n) is 8.30. The molecule has 0 radical (unpaired) electrons. The number of benzene rings is 1. The van der Waals surface area contributed by atoms with Crippen molar-refractivity contribution in [1.82, 2.24) is 4.72 Å². The first kappa shape index (κ1) is 29.4. The van der Waals surface area contributed by atoms with Crippen LogP contribution in [0.25, 0.3) is 0 Å². The topological polar surface area (TPSA) is 89.3 Å². The fraction of sp³-hybridized carbons (Fsp3) is 0.720. The van der Waals surface area contributed by atoms with Crippen LogP contribution in [0.4, 0.5) is 5.69 Å². The van der Waals surface area contributed by atoms with Crippen molar-refractivity contribution in [3.05, 3.63) is 24.3 Å². The normalized spacial score (nSPS) is 11.1. The standard InChI is InChI=1S/C24H42N2O3S.CH4/c1-2-3-4-5-6-7-8-9-10-11-12-13-14-15-16-17-24(27)26-30(28,29)23-20-18-22(25)19-21-23;/h18-21H,2-17,25H2,1H3,(H,26,27);1H4. The molecule has 0 spiro atoms.